The molecule has 1 saturated heterocycles. The SMILES string of the molecule is CC1(C)OC(=O)C(F)(CCC(C)(NS(=O)C(C)(C)C)c2cccc(F)c2F)C(=O)O1. The minimum absolute atomic E-state index is 0.221. The largest absolute Gasteiger partial charge is 0.420 e. The third-order valence-corrected chi connectivity index (χ3v) is 6.46. The molecular weight excluding hydrogens is 423 g/mol. The lowest BCUT2D eigenvalue weighted by Crippen LogP contribution is -2.57. The van der Waals surface area contributed by atoms with Crippen LogP contribution < -0.4 is 4.72 Å². The first-order valence-corrected chi connectivity index (χ1v) is 10.5. The van der Waals surface area contributed by atoms with E-state index in [1.165, 1.54) is 32.9 Å². The summed E-state index contributed by atoms with van der Waals surface area (Å²) in [5.74, 6) is -6.82. The molecule has 30 heavy (non-hydrogen) atoms. The lowest BCUT2D eigenvalue weighted by molar-refractivity contribution is -0.253. The first-order valence-electron chi connectivity index (χ1n) is 9.32. The van der Waals surface area contributed by atoms with Crippen molar-refractivity contribution in [1.29, 1.82) is 0 Å². The summed E-state index contributed by atoms with van der Waals surface area (Å²) in [7, 11) is -1.77. The third-order valence-electron chi connectivity index (χ3n) is 4.71. The Bertz CT molecular complexity index is 864. The topological polar surface area (TPSA) is 81.7 Å². The molecule has 2 unspecified atom stereocenters. The number of alkyl halides is 1. The second-order valence-electron chi connectivity index (χ2n) is 8.90. The van der Waals surface area contributed by atoms with Gasteiger partial charge in [0.2, 0.25) is 0 Å². The molecule has 0 aliphatic carbocycles. The van der Waals surface area contributed by atoms with Crippen LogP contribution >= 0.6 is 0 Å². The number of benzene rings is 1. The number of esters is 2. The van der Waals surface area contributed by atoms with E-state index in [9.17, 15) is 22.6 Å². The Labute approximate surface area is 176 Å². The predicted molar refractivity (Wildman–Crippen MR) is 104 cm³/mol. The van der Waals surface area contributed by atoms with Crippen LogP contribution in [0.2, 0.25) is 0 Å². The number of nitrogens with one attached hydrogen (secondary N) is 1. The average molecular weight is 449 g/mol. The van der Waals surface area contributed by atoms with E-state index in [2.05, 4.69) is 4.72 Å². The van der Waals surface area contributed by atoms with E-state index in [1.54, 1.807) is 20.8 Å². The van der Waals surface area contributed by atoms with Crippen molar-refractivity contribution >= 4 is 22.9 Å². The molecule has 6 nitrogen and oxygen atoms in total. The number of hydrogen-bond acceptors (Lipinski definition) is 5. The van der Waals surface area contributed by atoms with Crippen LogP contribution in [0, 0.1) is 11.6 Å². The first kappa shape index (κ1) is 24.3. The molecule has 0 saturated carbocycles. The van der Waals surface area contributed by atoms with Gasteiger partial charge in [-0.15, -0.1) is 0 Å². The molecule has 0 radical (unpaired) electrons. The normalized spacial score (nSPS) is 21.4. The summed E-state index contributed by atoms with van der Waals surface area (Å²) in [4.78, 5) is 24.4. The maximum Gasteiger partial charge on any atom is 0.359 e. The summed E-state index contributed by atoms with van der Waals surface area (Å²) in [5.41, 5.74) is -4.94. The van der Waals surface area contributed by atoms with Crippen molar-refractivity contribution in [2.24, 2.45) is 0 Å². The molecular formula is C20H26F3NO5S. The Morgan fingerprint density at radius 3 is 2.10 bits per heavy atom. The summed E-state index contributed by atoms with van der Waals surface area (Å²) in [6.45, 7) is 8.93. The highest BCUT2D eigenvalue weighted by atomic mass is 32.2. The molecule has 1 aliphatic heterocycles. The van der Waals surface area contributed by atoms with E-state index in [4.69, 9.17) is 9.47 Å². The van der Waals surface area contributed by atoms with Crippen LogP contribution in [0.3, 0.4) is 0 Å². The van der Waals surface area contributed by atoms with Crippen LogP contribution in [-0.4, -0.2) is 32.4 Å². The van der Waals surface area contributed by atoms with E-state index in [1.807, 2.05) is 0 Å². The number of carbonyl (C=O) groups excluding carboxylic acids is 2. The van der Waals surface area contributed by atoms with Gasteiger partial charge in [-0.2, -0.15) is 0 Å². The van der Waals surface area contributed by atoms with E-state index in [-0.39, 0.29) is 5.56 Å². The molecule has 1 heterocycles. The van der Waals surface area contributed by atoms with Crippen molar-refractivity contribution in [2.45, 2.75) is 76.1 Å². The van der Waals surface area contributed by atoms with Gasteiger partial charge in [-0.25, -0.2) is 31.7 Å². The van der Waals surface area contributed by atoms with E-state index >= 15 is 4.39 Å². The van der Waals surface area contributed by atoms with Gasteiger partial charge in [0.25, 0.3) is 5.79 Å². The average Bonchev–Trinajstić information content (AvgIpc) is 2.59. The molecule has 0 bridgehead atoms. The molecule has 0 spiro atoms. The summed E-state index contributed by atoms with van der Waals surface area (Å²) in [5, 5.41) is 0. The molecule has 0 amide bonds. The molecule has 1 N–H and O–H groups in total. The molecule has 1 aromatic rings. The fourth-order valence-electron chi connectivity index (χ4n) is 2.87. The third kappa shape index (κ3) is 4.85. The van der Waals surface area contributed by atoms with Gasteiger partial charge in [0.1, 0.15) is 0 Å². The van der Waals surface area contributed by atoms with Crippen LogP contribution in [0.4, 0.5) is 13.2 Å². The first-order chi connectivity index (χ1) is 13.5. The molecule has 2 atom stereocenters. The van der Waals surface area contributed by atoms with Gasteiger partial charge in [-0.1, -0.05) is 12.1 Å². The van der Waals surface area contributed by atoms with Crippen molar-refractivity contribution in [3.05, 3.63) is 35.4 Å². The van der Waals surface area contributed by atoms with Crippen molar-refractivity contribution in [1.82, 2.24) is 4.72 Å². The predicted octanol–water partition coefficient (Wildman–Crippen LogP) is 3.56. The lowest BCUT2D eigenvalue weighted by atomic mass is 9.84. The highest BCUT2D eigenvalue weighted by molar-refractivity contribution is 7.84. The minimum atomic E-state index is -3.13. The Morgan fingerprint density at radius 1 is 1.07 bits per heavy atom. The van der Waals surface area contributed by atoms with E-state index < -0.39 is 69.1 Å². The minimum Gasteiger partial charge on any atom is -0.420 e. The Morgan fingerprint density at radius 2 is 1.60 bits per heavy atom. The second-order valence-corrected chi connectivity index (χ2v) is 10.9. The van der Waals surface area contributed by atoms with E-state index in [0.29, 0.717) is 0 Å². The van der Waals surface area contributed by atoms with Gasteiger partial charge in [0.05, 0.1) is 21.3 Å². The lowest BCUT2D eigenvalue weighted by Gasteiger charge is -2.38. The molecule has 1 aromatic carbocycles. The number of cyclic esters (lactones) is 2. The van der Waals surface area contributed by atoms with Crippen LogP contribution in [0.5, 0.6) is 0 Å². The number of ether oxygens (including phenoxy) is 2. The van der Waals surface area contributed by atoms with Crippen molar-refractivity contribution in [2.75, 3.05) is 0 Å². The van der Waals surface area contributed by atoms with Crippen molar-refractivity contribution in [3.63, 3.8) is 0 Å². The maximum absolute atomic E-state index is 15.3. The summed E-state index contributed by atoms with van der Waals surface area (Å²) in [6.07, 6.45) is -1.15. The van der Waals surface area contributed by atoms with Gasteiger partial charge < -0.3 is 9.47 Å². The quantitative estimate of drug-likeness (QED) is 0.531. The molecule has 10 heteroatoms. The van der Waals surface area contributed by atoms with Crippen LogP contribution in [0.1, 0.15) is 59.9 Å². The fraction of sp³-hybridized carbons (Fsp3) is 0.600. The monoisotopic (exact) mass is 449 g/mol. The Hall–Kier alpha value is -1.94. The highest BCUT2D eigenvalue weighted by Crippen LogP contribution is 2.38. The zero-order valence-electron chi connectivity index (χ0n) is 17.7. The van der Waals surface area contributed by atoms with Crippen molar-refractivity contribution in [3.8, 4) is 0 Å². The van der Waals surface area contributed by atoms with Gasteiger partial charge in [-0.3, -0.25) is 0 Å². The van der Waals surface area contributed by atoms with Crippen LogP contribution in [-0.2, 0) is 35.6 Å². The summed E-state index contributed by atoms with van der Waals surface area (Å²) in [6, 6.07) is 3.43. The molecule has 2 rings (SSSR count). The Kier molecular flexibility index (Phi) is 6.45. The van der Waals surface area contributed by atoms with Gasteiger partial charge in [0, 0.05) is 25.8 Å². The number of rotatable bonds is 6. The smallest absolute Gasteiger partial charge is 0.359 e. The second kappa shape index (κ2) is 7.96. The Balaban J connectivity index is 2.41. The molecule has 0 aromatic heterocycles. The number of carbonyl (C=O) groups is 2. The fourth-order valence-corrected chi connectivity index (χ4v) is 3.79. The van der Waals surface area contributed by atoms with Gasteiger partial charge in [0.15, 0.2) is 11.6 Å². The van der Waals surface area contributed by atoms with Crippen LogP contribution in [0.25, 0.3) is 0 Å². The molecule has 1 aliphatic rings. The zero-order valence-corrected chi connectivity index (χ0v) is 18.5. The maximum atomic E-state index is 15.3. The van der Waals surface area contributed by atoms with Gasteiger partial charge in [-0.05, 0) is 40.2 Å². The standard InChI is InChI=1S/C20H26F3NO5S/c1-17(2,3)30(27)24-19(6,12-8-7-9-13(21)14(12)22)10-11-20(23)15(25)28-18(4,5)29-16(20)26/h7-9,24H,10-11H2,1-6H3. The van der Waals surface area contributed by atoms with E-state index in [0.717, 1.165) is 6.07 Å². The molecule has 168 valence electrons. The van der Waals surface area contributed by atoms with Crippen molar-refractivity contribution < 1.29 is 36.4 Å². The number of halogens is 3. The zero-order chi connectivity index (χ0) is 23.1. The van der Waals surface area contributed by atoms with Gasteiger partial charge >= 0.3 is 17.6 Å². The summed E-state index contributed by atoms with van der Waals surface area (Å²) < 4.78 is 68.0. The molecule has 1 fully saturated rings. The van der Waals surface area contributed by atoms with Crippen LogP contribution in [0.15, 0.2) is 18.2 Å². The highest BCUT2D eigenvalue weighted by Gasteiger charge is 2.58. The summed E-state index contributed by atoms with van der Waals surface area (Å²) >= 11 is 0. The number of hydrogen-bond donors (Lipinski definition) is 1.